The first-order valence-corrected chi connectivity index (χ1v) is 8.18. The molecule has 1 aromatic carbocycles. The van der Waals surface area contributed by atoms with Gasteiger partial charge < -0.3 is 0 Å². The van der Waals surface area contributed by atoms with Crippen molar-refractivity contribution in [3.05, 3.63) is 28.2 Å². The fraction of sp³-hybridized carbons (Fsp3) is 0.100. The predicted octanol–water partition coefficient (Wildman–Crippen LogP) is 3.99. The van der Waals surface area contributed by atoms with Gasteiger partial charge in [-0.2, -0.15) is 0 Å². The number of hydrogen-bond acceptors (Lipinski definition) is 6. The zero-order valence-electron chi connectivity index (χ0n) is 8.71. The van der Waals surface area contributed by atoms with Gasteiger partial charge in [0.25, 0.3) is 0 Å². The molecule has 7 heteroatoms. The Hall–Kier alpha value is -0.370. The monoisotopic (exact) mass is 346 g/mol. The Kier molecular flexibility index (Phi) is 4.61. The SMILES string of the molecule is CSc1nnc(Sc2ccc(C=O)c(Br)c2)s1. The maximum atomic E-state index is 10.7. The van der Waals surface area contributed by atoms with Crippen molar-refractivity contribution in [1.29, 1.82) is 0 Å². The van der Waals surface area contributed by atoms with E-state index in [-0.39, 0.29) is 0 Å². The van der Waals surface area contributed by atoms with E-state index in [0.29, 0.717) is 5.56 Å². The van der Waals surface area contributed by atoms with E-state index < -0.39 is 0 Å². The van der Waals surface area contributed by atoms with Crippen LogP contribution in [0.2, 0.25) is 0 Å². The molecule has 0 aliphatic heterocycles. The van der Waals surface area contributed by atoms with Crippen molar-refractivity contribution in [3.63, 3.8) is 0 Å². The normalized spacial score (nSPS) is 10.5. The van der Waals surface area contributed by atoms with Gasteiger partial charge in [-0.3, -0.25) is 4.79 Å². The number of aromatic nitrogens is 2. The third-order valence-electron chi connectivity index (χ3n) is 1.87. The summed E-state index contributed by atoms with van der Waals surface area (Å²) in [6, 6.07) is 5.60. The van der Waals surface area contributed by atoms with Crippen molar-refractivity contribution >= 4 is 57.1 Å². The number of rotatable bonds is 4. The molecule has 0 aliphatic rings. The van der Waals surface area contributed by atoms with E-state index in [0.717, 1.165) is 24.3 Å². The van der Waals surface area contributed by atoms with E-state index in [2.05, 4.69) is 26.1 Å². The van der Waals surface area contributed by atoms with E-state index >= 15 is 0 Å². The zero-order chi connectivity index (χ0) is 12.3. The largest absolute Gasteiger partial charge is 0.298 e. The lowest BCUT2D eigenvalue weighted by Gasteiger charge is -2.00. The summed E-state index contributed by atoms with van der Waals surface area (Å²) in [5.41, 5.74) is 0.649. The van der Waals surface area contributed by atoms with Crippen molar-refractivity contribution in [2.75, 3.05) is 6.26 Å². The molecule has 3 nitrogen and oxygen atoms in total. The quantitative estimate of drug-likeness (QED) is 0.618. The minimum absolute atomic E-state index is 0.649. The summed E-state index contributed by atoms with van der Waals surface area (Å²) in [6.07, 6.45) is 2.81. The fourth-order valence-corrected chi connectivity index (χ4v) is 4.16. The number of thioether (sulfide) groups is 1. The van der Waals surface area contributed by atoms with E-state index in [4.69, 9.17) is 0 Å². The summed E-state index contributed by atoms with van der Waals surface area (Å²) in [7, 11) is 0. The van der Waals surface area contributed by atoms with Crippen molar-refractivity contribution in [1.82, 2.24) is 10.2 Å². The molecule has 88 valence electrons. The second-order valence-corrected chi connectivity index (χ2v) is 7.15. The van der Waals surface area contributed by atoms with Crippen LogP contribution in [0.1, 0.15) is 10.4 Å². The number of hydrogen-bond donors (Lipinski definition) is 0. The Morgan fingerprint density at radius 1 is 1.35 bits per heavy atom. The van der Waals surface area contributed by atoms with Crippen LogP contribution in [0.4, 0.5) is 0 Å². The van der Waals surface area contributed by atoms with Gasteiger partial charge in [0.1, 0.15) is 0 Å². The highest BCUT2D eigenvalue weighted by Gasteiger charge is 2.07. The van der Waals surface area contributed by atoms with Crippen LogP contribution in [0.25, 0.3) is 0 Å². The molecular formula is C10H7BrN2OS3. The van der Waals surface area contributed by atoms with Gasteiger partial charge in [-0.15, -0.1) is 10.2 Å². The molecule has 2 aromatic rings. The predicted molar refractivity (Wildman–Crippen MR) is 75.3 cm³/mol. The van der Waals surface area contributed by atoms with Crippen LogP contribution in [0.3, 0.4) is 0 Å². The van der Waals surface area contributed by atoms with E-state index in [9.17, 15) is 4.79 Å². The lowest BCUT2D eigenvalue weighted by atomic mass is 10.2. The Balaban J connectivity index is 2.18. The van der Waals surface area contributed by atoms with Gasteiger partial charge in [0.15, 0.2) is 15.0 Å². The van der Waals surface area contributed by atoms with Gasteiger partial charge in [-0.1, -0.05) is 50.8 Å². The molecule has 0 saturated carbocycles. The lowest BCUT2D eigenvalue weighted by molar-refractivity contribution is 0.112. The second-order valence-electron chi connectivity index (χ2n) is 2.94. The molecule has 17 heavy (non-hydrogen) atoms. The van der Waals surface area contributed by atoms with Gasteiger partial charge in [-0.25, -0.2) is 0 Å². The summed E-state index contributed by atoms with van der Waals surface area (Å²) < 4.78 is 2.66. The van der Waals surface area contributed by atoms with Gasteiger partial charge in [0.05, 0.1) is 0 Å². The average molecular weight is 347 g/mol. The van der Waals surface area contributed by atoms with Crippen LogP contribution in [0.15, 0.2) is 36.2 Å². The first-order valence-electron chi connectivity index (χ1n) is 4.53. The Morgan fingerprint density at radius 3 is 2.71 bits per heavy atom. The highest BCUT2D eigenvalue weighted by molar-refractivity contribution is 9.10. The second kappa shape index (κ2) is 5.99. The zero-order valence-corrected chi connectivity index (χ0v) is 12.8. The van der Waals surface area contributed by atoms with Crippen LogP contribution in [0.5, 0.6) is 0 Å². The molecule has 0 unspecified atom stereocenters. The van der Waals surface area contributed by atoms with Crippen LogP contribution >= 0.6 is 50.8 Å². The molecule has 0 fully saturated rings. The molecule has 0 radical (unpaired) electrons. The molecule has 0 N–H and O–H groups in total. The van der Waals surface area contributed by atoms with Gasteiger partial charge in [-0.05, 0) is 24.5 Å². The molecule has 0 amide bonds. The summed E-state index contributed by atoms with van der Waals surface area (Å²) in [6.45, 7) is 0. The summed E-state index contributed by atoms with van der Waals surface area (Å²) in [5, 5.41) is 8.11. The molecule has 0 aliphatic carbocycles. The molecule has 1 aromatic heterocycles. The molecular weight excluding hydrogens is 340 g/mol. The van der Waals surface area contributed by atoms with Crippen molar-refractivity contribution in [3.8, 4) is 0 Å². The lowest BCUT2D eigenvalue weighted by Crippen LogP contribution is -1.82. The number of carbonyl (C=O) groups excluding carboxylic acids is 1. The minimum atomic E-state index is 0.649. The highest BCUT2D eigenvalue weighted by atomic mass is 79.9. The van der Waals surface area contributed by atoms with E-state index in [1.807, 2.05) is 18.4 Å². The number of benzene rings is 1. The Morgan fingerprint density at radius 2 is 2.12 bits per heavy atom. The third-order valence-corrected chi connectivity index (χ3v) is 5.49. The molecule has 0 atom stereocenters. The van der Waals surface area contributed by atoms with Crippen molar-refractivity contribution in [2.45, 2.75) is 13.6 Å². The van der Waals surface area contributed by atoms with E-state index in [1.54, 1.807) is 40.9 Å². The first-order chi connectivity index (χ1) is 8.22. The molecule has 0 saturated heterocycles. The number of halogens is 1. The Bertz CT molecular complexity index is 544. The number of aldehydes is 1. The van der Waals surface area contributed by atoms with Crippen LogP contribution in [-0.2, 0) is 0 Å². The molecule has 1 heterocycles. The third kappa shape index (κ3) is 3.31. The van der Waals surface area contributed by atoms with Crippen molar-refractivity contribution in [2.24, 2.45) is 0 Å². The van der Waals surface area contributed by atoms with Crippen LogP contribution in [-0.4, -0.2) is 22.7 Å². The number of carbonyl (C=O) groups is 1. The maximum Gasteiger partial charge on any atom is 0.179 e. The van der Waals surface area contributed by atoms with Crippen LogP contribution < -0.4 is 0 Å². The van der Waals surface area contributed by atoms with E-state index in [1.165, 1.54) is 0 Å². The molecule has 0 bridgehead atoms. The molecule has 0 spiro atoms. The smallest absolute Gasteiger partial charge is 0.179 e. The van der Waals surface area contributed by atoms with Gasteiger partial charge in [0.2, 0.25) is 0 Å². The minimum Gasteiger partial charge on any atom is -0.298 e. The Labute approximate surface area is 120 Å². The van der Waals surface area contributed by atoms with Crippen molar-refractivity contribution < 1.29 is 4.79 Å². The first kappa shape index (κ1) is 13.1. The van der Waals surface area contributed by atoms with Gasteiger partial charge in [0, 0.05) is 14.9 Å². The summed E-state index contributed by atoms with van der Waals surface area (Å²) in [5.74, 6) is 0. The summed E-state index contributed by atoms with van der Waals surface area (Å²) >= 11 is 8.05. The fourth-order valence-electron chi connectivity index (χ4n) is 1.09. The van der Waals surface area contributed by atoms with Crippen LogP contribution in [0, 0.1) is 0 Å². The highest BCUT2D eigenvalue weighted by Crippen LogP contribution is 2.34. The maximum absolute atomic E-state index is 10.7. The summed E-state index contributed by atoms with van der Waals surface area (Å²) in [4.78, 5) is 11.7. The topological polar surface area (TPSA) is 42.9 Å². The van der Waals surface area contributed by atoms with Gasteiger partial charge >= 0.3 is 0 Å². The standard InChI is InChI=1S/C10H7BrN2OS3/c1-15-9-12-13-10(17-9)16-7-3-2-6(5-14)8(11)4-7/h2-5H,1H3. The average Bonchev–Trinajstić information content (AvgIpc) is 2.77. The molecule has 2 rings (SSSR count). The number of nitrogens with zero attached hydrogens (tertiary/aromatic N) is 2.